The third-order valence-corrected chi connectivity index (χ3v) is 2.52. The van der Waals surface area contributed by atoms with E-state index >= 15 is 0 Å². The number of pyridine rings is 2. The van der Waals surface area contributed by atoms with Crippen molar-refractivity contribution in [2.75, 3.05) is 0 Å². The van der Waals surface area contributed by atoms with Crippen molar-refractivity contribution in [2.45, 2.75) is 0 Å². The minimum atomic E-state index is 0.948. The van der Waals surface area contributed by atoms with Gasteiger partial charge in [-0.15, -0.1) is 0 Å². The summed E-state index contributed by atoms with van der Waals surface area (Å²) < 4.78 is 2.07. The summed E-state index contributed by atoms with van der Waals surface area (Å²) in [4.78, 5) is 7.59. The zero-order valence-electron chi connectivity index (χ0n) is 7.86. The molecule has 0 saturated heterocycles. The number of aromatic amines is 1. The molecule has 0 bridgehead atoms. The van der Waals surface area contributed by atoms with Gasteiger partial charge in [-0.3, -0.25) is 0 Å². The van der Waals surface area contributed by atoms with Crippen molar-refractivity contribution in [2.24, 2.45) is 7.05 Å². The van der Waals surface area contributed by atoms with Gasteiger partial charge >= 0.3 is 0 Å². The fraction of sp³-hybridized carbons (Fsp3) is 0.0909. The second-order valence-electron chi connectivity index (χ2n) is 3.41. The number of H-pyrrole nitrogens is 1. The molecule has 0 spiro atoms. The molecule has 0 aliphatic rings. The van der Waals surface area contributed by atoms with Gasteiger partial charge in [-0.25, -0.2) is 14.5 Å². The van der Waals surface area contributed by atoms with Gasteiger partial charge in [0.1, 0.15) is 0 Å². The summed E-state index contributed by atoms with van der Waals surface area (Å²) in [5.41, 5.74) is 2.06. The Hall–Kier alpha value is -1.90. The molecule has 3 aromatic rings. The van der Waals surface area contributed by atoms with E-state index in [-0.39, 0.29) is 0 Å². The Balaban J connectivity index is 2.63. The summed E-state index contributed by atoms with van der Waals surface area (Å²) in [6.07, 6.45) is 3.83. The lowest BCUT2D eigenvalue weighted by Gasteiger charge is -1.89. The highest BCUT2D eigenvalue weighted by molar-refractivity contribution is 6.02. The summed E-state index contributed by atoms with van der Waals surface area (Å²) in [6.45, 7) is 0. The molecule has 0 aromatic carbocycles. The number of fused-ring (bicyclic) bond motifs is 3. The summed E-state index contributed by atoms with van der Waals surface area (Å²) in [6, 6.07) is 8.20. The maximum atomic E-state index is 4.29. The van der Waals surface area contributed by atoms with Gasteiger partial charge < -0.3 is 0 Å². The van der Waals surface area contributed by atoms with E-state index in [0.717, 1.165) is 11.3 Å². The van der Waals surface area contributed by atoms with Crippen LogP contribution in [0.15, 0.2) is 36.7 Å². The van der Waals surface area contributed by atoms with Crippen LogP contribution in [0.2, 0.25) is 0 Å². The molecule has 0 saturated carbocycles. The summed E-state index contributed by atoms with van der Waals surface area (Å²) >= 11 is 0. The number of nitrogens with one attached hydrogen (secondary N) is 1. The Bertz CT molecular complexity index is 610. The molecule has 0 radical (unpaired) electrons. The van der Waals surface area contributed by atoms with Crippen LogP contribution >= 0.6 is 0 Å². The molecule has 3 heteroatoms. The van der Waals surface area contributed by atoms with Crippen LogP contribution in [0.3, 0.4) is 0 Å². The highest BCUT2D eigenvalue weighted by atomic mass is 15.0. The molecule has 0 aliphatic carbocycles. The van der Waals surface area contributed by atoms with Crippen LogP contribution in [0.1, 0.15) is 0 Å². The van der Waals surface area contributed by atoms with Crippen molar-refractivity contribution in [3.05, 3.63) is 36.7 Å². The monoisotopic (exact) mass is 184 g/mol. The lowest BCUT2D eigenvalue weighted by molar-refractivity contribution is -0.646. The maximum Gasteiger partial charge on any atom is 0.288 e. The molecule has 0 unspecified atom stereocenters. The lowest BCUT2D eigenvalue weighted by atomic mass is 10.2. The molecule has 3 heterocycles. The first-order valence-electron chi connectivity index (χ1n) is 4.57. The Labute approximate surface area is 81.0 Å². The van der Waals surface area contributed by atoms with E-state index in [9.17, 15) is 0 Å². The third-order valence-electron chi connectivity index (χ3n) is 2.52. The molecule has 0 fully saturated rings. The first-order valence-corrected chi connectivity index (χ1v) is 4.57. The highest BCUT2D eigenvalue weighted by Gasteiger charge is 2.11. The maximum absolute atomic E-state index is 4.29. The zero-order valence-corrected chi connectivity index (χ0v) is 7.86. The fourth-order valence-corrected chi connectivity index (χ4v) is 1.82. The number of aromatic nitrogens is 3. The minimum Gasteiger partial charge on any atom is -0.236 e. The van der Waals surface area contributed by atoms with E-state index in [0.29, 0.717) is 0 Å². The van der Waals surface area contributed by atoms with Crippen LogP contribution in [0.25, 0.3) is 22.1 Å². The predicted octanol–water partition coefficient (Wildman–Crippen LogP) is 1.54. The van der Waals surface area contributed by atoms with E-state index in [1.165, 1.54) is 10.8 Å². The Morgan fingerprint density at radius 3 is 3.00 bits per heavy atom. The van der Waals surface area contributed by atoms with Gasteiger partial charge in [0.15, 0.2) is 0 Å². The number of nitrogens with zero attached hydrogens (tertiary/aromatic N) is 2. The van der Waals surface area contributed by atoms with Crippen LogP contribution in [0.5, 0.6) is 0 Å². The second kappa shape index (κ2) is 2.54. The van der Waals surface area contributed by atoms with Crippen LogP contribution < -0.4 is 4.57 Å². The molecule has 14 heavy (non-hydrogen) atoms. The standard InChI is InChI=1S/C11H9N3/c1-14-7-3-5-9-8-4-2-6-12-10(8)13-11(9)14/h2-7H,1H3/p+1. The second-order valence-corrected chi connectivity index (χ2v) is 3.41. The zero-order chi connectivity index (χ0) is 9.54. The van der Waals surface area contributed by atoms with Crippen molar-refractivity contribution in [1.29, 1.82) is 0 Å². The largest absolute Gasteiger partial charge is 0.288 e. The van der Waals surface area contributed by atoms with Gasteiger partial charge in [-0.2, -0.15) is 0 Å². The smallest absolute Gasteiger partial charge is 0.236 e. The van der Waals surface area contributed by atoms with Crippen molar-refractivity contribution in [1.82, 2.24) is 9.97 Å². The average molecular weight is 184 g/mol. The van der Waals surface area contributed by atoms with Crippen LogP contribution in [-0.4, -0.2) is 9.97 Å². The Morgan fingerprint density at radius 1 is 1.21 bits per heavy atom. The Morgan fingerprint density at radius 2 is 2.07 bits per heavy atom. The van der Waals surface area contributed by atoms with Crippen molar-refractivity contribution < 1.29 is 4.57 Å². The molecule has 0 aliphatic heterocycles. The van der Waals surface area contributed by atoms with E-state index in [2.05, 4.69) is 26.7 Å². The van der Waals surface area contributed by atoms with E-state index in [1.54, 1.807) is 6.20 Å². The van der Waals surface area contributed by atoms with Gasteiger partial charge in [0.2, 0.25) is 5.65 Å². The first kappa shape index (κ1) is 7.50. The van der Waals surface area contributed by atoms with Crippen LogP contribution in [-0.2, 0) is 7.05 Å². The number of hydrogen-bond acceptors (Lipinski definition) is 1. The van der Waals surface area contributed by atoms with Crippen molar-refractivity contribution >= 4 is 22.1 Å². The molecule has 3 aromatic heterocycles. The molecule has 3 nitrogen and oxygen atoms in total. The molecule has 0 atom stereocenters. The third kappa shape index (κ3) is 0.865. The fourth-order valence-electron chi connectivity index (χ4n) is 1.82. The molecule has 1 N–H and O–H groups in total. The van der Waals surface area contributed by atoms with E-state index in [1.807, 2.05) is 25.4 Å². The first-order chi connectivity index (χ1) is 6.86. The van der Waals surface area contributed by atoms with Gasteiger partial charge in [0, 0.05) is 6.20 Å². The van der Waals surface area contributed by atoms with E-state index in [4.69, 9.17) is 0 Å². The highest BCUT2D eigenvalue weighted by Crippen LogP contribution is 2.20. The predicted molar refractivity (Wildman–Crippen MR) is 54.8 cm³/mol. The SMILES string of the molecule is C[n+]1cccc2c3cccnc3[nH]c21. The van der Waals surface area contributed by atoms with Gasteiger partial charge in [-0.1, -0.05) is 0 Å². The van der Waals surface area contributed by atoms with Crippen molar-refractivity contribution in [3.8, 4) is 0 Å². The Kier molecular flexibility index (Phi) is 1.36. The molecular formula is C11H10N3+. The number of hydrogen-bond donors (Lipinski definition) is 1. The van der Waals surface area contributed by atoms with Crippen molar-refractivity contribution in [3.63, 3.8) is 0 Å². The quantitative estimate of drug-likeness (QED) is 0.528. The minimum absolute atomic E-state index is 0.948. The molecule has 68 valence electrons. The van der Waals surface area contributed by atoms with Gasteiger partial charge in [0.05, 0.1) is 24.0 Å². The normalized spacial score (nSPS) is 11.2. The summed E-state index contributed by atoms with van der Waals surface area (Å²) in [5, 5.41) is 2.40. The number of rotatable bonds is 0. The topological polar surface area (TPSA) is 32.6 Å². The number of aryl methyl sites for hydroxylation is 1. The molecule has 3 rings (SSSR count). The molecule has 0 amide bonds. The average Bonchev–Trinajstić information content (AvgIpc) is 2.59. The van der Waals surface area contributed by atoms with Gasteiger partial charge in [-0.05, 0) is 24.3 Å². The van der Waals surface area contributed by atoms with Crippen LogP contribution in [0, 0.1) is 0 Å². The van der Waals surface area contributed by atoms with Crippen LogP contribution in [0.4, 0.5) is 0 Å². The molecular weight excluding hydrogens is 174 g/mol. The van der Waals surface area contributed by atoms with Gasteiger partial charge in [0.25, 0.3) is 5.65 Å². The summed E-state index contributed by atoms with van der Waals surface area (Å²) in [7, 11) is 2.03. The lowest BCUT2D eigenvalue weighted by Crippen LogP contribution is -2.27. The van der Waals surface area contributed by atoms with E-state index < -0.39 is 0 Å². The summed E-state index contributed by atoms with van der Waals surface area (Å²) in [5.74, 6) is 0.